The number of rotatable bonds is 2. The predicted octanol–water partition coefficient (Wildman–Crippen LogP) is 1.47. The standard InChI is InChI=1S/C13H15N3O2/c1-5-11-8(3)13(18)16-12(14-11)10(9(4)17)6-7(2)15-16/h6H,5H2,1-4H3. The molecular weight excluding hydrogens is 230 g/mol. The fourth-order valence-electron chi connectivity index (χ4n) is 1.97. The second-order valence-electron chi connectivity index (χ2n) is 4.33. The first-order chi connectivity index (χ1) is 8.45. The normalized spacial score (nSPS) is 10.9. The lowest BCUT2D eigenvalue weighted by atomic mass is 10.1. The third-order valence-electron chi connectivity index (χ3n) is 2.95. The molecule has 0 spiro atoms. The Morgan fingerprint density at radius 3 is 2.61 bits per heavy atom. The number of aromatic nitrogens is 3. The van der Waals surface area contributed by atoms with Crippen LogP contribution in [0.25, 0.3) is 5.65 Å². The van der Waals surface area contributed by atoms with Crippen LogP contribution >= 0.6 is 0 Å². The highest BCUT2D eigenvalue weighted by molar-refractivity contribution is 5.99. The second-order valence-corrected chi connectivity index (χ2v) is 4.33. The highest BCUT2D eigenvalue weighted by atomic mass is 16.1. The Labute approximate surface area is 104 Å². The Kier molecular flexibility index (Phi) is 2.98. The molecule has 0 aliphatic rings. The molecule has 0 fully saturated rings. The van der Waals surface area contributed by atoms with Crippen molar-refractivity contribution in [1.29, 1.82) is 0 Å². The van der Waals surface area contributed by atoms with E-state index in [9.17, 15) is 9.59 Å². The van der Waals surface area contributed by atoms with Crippen molar-refractivity contribution >= 4 is 11.4 Å². The van der Waals surface area contributed by atoms with Crippen molar-refractivity contribution in [2.45, 2.75) is 34.1 Å². The number of aryl methyl sites for hydroxylation is 2. The van der Waals surface area contributed by atoms with Gasteiger partial charge in [-0.25, -0.2) is 4.98 Å². The van der Waals surface area contributed by atoms with Gasteiger partial charge in [-0.3, -0.25) is 9.59 Å². The zero-order chi connectivity index (χ0) is 13.4. The Morgan fingerprint density at radius 1 is 1.39 bits per heavy atom. The number of hydrogen-bond acceptors (Lipinski definition) is 4. The first kappa shape index (κ1) is 12.4. The summed E-state index contributed by atoms with van der Waals surface area (Å²) >= 11 is 0. The Balaban J connectivity index is 3.01. The SMILES string of the molecule is CCc1nc2c(C(C)=O)cc(C)nn2c(=O)c1C. The van der Waals surface area contributed by atoms with E-state index < -0.39 is 0 Å². The number of ketones is 1. The summed E-state index contributed by atoms with van der Waals surface area (Å²) < 4.78 is 1.22. The van der Waals surface area contributed by atoms with Crippen molar-refractivity contribution in [3.05, 3.63) is 38.9 Å². The Morgan fingerprint density at radius 2 is 2.06 bits per heavy atom. The van der Waals surface area contributed by atoms with E-state index in [1.165, 1.54) is 11.4 Å². The van der Waals surface area contributed by atoms with E-state index in [0.29, 0.717) is 34.6 Å². The fraction of sp³-hybridized carbons (Fsp3) is 0.385. The van der Waals surface area contributed by atoms with Crippen LogP contribution in [0.3, 0.4) is 0 Å². The smallest absolute Gasteiger partial charge is 0.277 e. The van der Waals surface area contributed by atoms with Gasteiger partial charge in [0.1, 0.15) is 0 Å². The van der Waals surface area contributed by atoms with E-state index in [0.717, 1.165) is 0 Å². The molecule has 0 saturated carbocycles. The number of nitrogens with zero attached hydrogens (tertiary/aromatic N) is 3. The summed E-state index contributed by atoms with van der Waals surface area (Å²) in [6.07, 6.45) is 0.656. The average molecular weight is 245 g/mol. The molecule has 5 heteroatoms. The summed E-state index contributed by atoms with van der Waals surface area (Å²) in [5, 5.41) is 4.14. The first-order valence-corrected chi connectivity index (χ1v) is 5.86. The molecule has 0 aliphatic carbocycles. The Hall–Kier alpha value is -2.04. The quantitative estimate of drug-likeness (QED) is 0.751. The molecular formula is C13H15N3O2. The van der Waals surface area contributed by atoms with Crippen LogP contribution in [0.15, 0.2) is 10.9 Å². The minimum atomic E-state index is -0.206. The molecule has 2 aromatic heterocycles. The van der Waals surface area contributed by atoms with Gasteiger partial charge < -0.3 is 0 Å². The van der Waals surface area contributed by atoms with Crippen molar-refractivity contribution in [3.63, 3.8) is 0 Å². The summed E-state index contributed by atoms with van der Waals surface area (Å²) in [4.78, 5) is 28.2. The summed E-state index contributed by atoms with van der Waals surface area (Å²) in [6, 6.07) is 1.67. The van der Waals surface area contributed by atoms with Crippen molar-refractivity contribution in [1.82, 2.24) is 14.6 Å². The second kappa shape index (κ2) is 4.33. The van der Waals surface area contributed by atoms with Crippen LogP contribution in [0.5, 0.6) is 0 Å². The zero-order valence-corrected chi connectivity index (χ0v) is 10.9. The number of fused-ring (bicyclic) bond motifs is 1. The molecule has 0 unspecified atom stereocenters. The van der Waals surface area contributed by atoms with Gasteiger partial charge in [0, 0.05) is 5.56 Å². The summed E-state index contributed by atoms with van der Waals surface area (Å²) in [5.74, 6) is -0.115. The minimum absolute atomic E-state index is 0.115. The molecule has 94 valence electrons. The van der Waals surface area contributed by atoms with Gasteiger partial charge in [-0.15, -0.1) is 0 Å². The molecule has 0 aromatic carbocycles. The zero-order valence-electron chi connectivity index (χ0n) is 10.9. The van der Waals surface area contributed by atoms with Crippen molar-refractivity contribution < 1.29 is 4.79 Å². The van der Waals surface area contributed by atoms with Crippen LogP contribution in [0, 0.1) is 13.8 Å². The monoisotopic (exact) mass is 245 g/mol. The van der Waals surface area contributed by atoms with E-state index in [-0.39, 0.29) is 11.3 Å². The highest BCUT2D eigenvalue weighted by Gasteiger charge is 2.14. The molecule has 2 aromatic rings. The van der Waals surface area contributed by atoms with Gasteiger partial charge in [-0.2, -0.15) is 9.61 Å². The van der Waals surface area contributed by atoms with Gasteiger partial charge in [-0.05, 0) is 33.3 Å². The summed E-state index contributed by atoms with van der Waals surface area (Å²) in [6.45, 7) is 6.88. The molecule has 0 radical (unpaired) electrons. The molecule has 0 amide bonds. The van der Waals surface area contributed by atoms with Gasteiger partial charge in [0.05, 0.1) is 17.0 Å². The van der Waals surface area contributed by atoms with Crippen LogP contribution in [0.2, 0.25) is 0 Å². The number of carbonyl (C=O) groups is 1. The molecule has 0 saturated heterocycles. The van der Waals surface area contributed by atoms with Crippen LogP contribution < -0.4 is 5.56 Å². The lowest BCUT2D eigenvalue weighted by Crippen LogP contribution is -2.24. The fourth-order valence-corrected chi connectivity index (χ4v) is 1.97. The largest absolute Gasteiger partial charge is 0.294 e. The summed E-state index contributed by atoms with van der Waals surface area (Å²) in [5.41, 5.74) is 2.51. The van der Waals surface area contributed by atoms with Crippen LogP contribution in [0.1, 0.15) is 41.2 Å². The molecule has 2 rings (SSSR count). The highest BCUT2D eigenvalue weighted by Crippen LogP contribution is 2.11. The molecule has 0 bridgehead atoms. The number of Topliss-reactive ketones (excluding diaryl/α,β-unsaturated/α-hetero) is 1. The molecule has 2 heterocycles. The van der Waals surface area contributed by atoms with Gasteiger partial charge in [-0.1, -0.05) is 6.92 Å². The third kappa shape index (κ3) is 1.81. The van der Waals surface area contributed by atoms with E-state index in [1.54, 1.807) is 19.9 Å². The number of hydrogen-bond donors (Lipinski definition) is 0. The average Bonchev–Trinajstić information content (AvgIpc) is 2.33. The molecule has 0 atom stereocenters. The first-order valence-electron chi connectivity index (χ1n) is 5.86. The van der Waals surface area contributed by atoms with Gasteiger partial charge >= 0.3 is 0 Å². The minimum Gasteiger partial charge on any atom is -0.294 e. The molecule has 18 heavy (non-hydrogen) atoms. The van der Waals surface area contributed by atoms with Crippen molar-refractivity contribution in [3.8, 4) is 0 Å². The molecule has 5 nitrogen and oxygen atoms in total. The van der Waals surface area contributed by atoms with E-state index >= 15 is 0 Å². The lowest BCUT2D eigenvalue weighted by Gasteiger charge is -2.09. The maximum atomic E-state index is 12.2. The lowest BCUT2D eigenvalue weighted by molar-refractivity contribution is 0.101. The van der Waals surface area contributed by atoms with Gasteiger partial charge in [0.25, 0.3) is 5.56 Å². The van der Waals surface area contributed by atoms with E-state index in [2.05, 4.69) is 10.1 Å². The summed E-state index contributed by atoms with van der Waals surface area (Å²) in [7, 11) is 0. The third-order valence-corrected chi connectivity index (χ3v) is 2.95. The predicted molar refractivity (Wildman–Crippen MR) is 68.1 cm³/mol. The molecule has 0 N–H and O–H groups in total. The van der Waals surface area contributed by atoms with Crippen LogP contribution in [-0.2, 0) is 6.42 Å². The molecule has 0 aliphatic heterocycles. The van der Waals surface area contributed by atoms with Crippen LogP contribution in [0.4, 0.5) is 0 Å². The maximum Gasteiger partial charge on any atom is 0.277 e. The van der Waals surface area contributed by atoms with Crippen molar-refractivity contribution in [2.24, 2.45) is 0 Å². The van der Waals surface area contributed by atoms with E-state index in [4.69, 9.17) is 0 Å². The van der Waals surface area contributed by atoms with Gasteiger partial charge in [0.15, 0.2) is 11.4 Å². The van der Waals surface area contributed by atoms with Gasteiger partial charge in [0.2, 0.25) is 0 Å². The maximum absolute atomic E-state index is 12.2. The van der Waals surface area contributed by atoms with Crippen LogP contribution in [-0.4, -0.2) is 20.4 Å². The van der Waals surface area contributed by atoms with Crippen molar-refractivity contribution in [2.75, 3.05) is 0 Å². The number of carbonyl (C=O) groups excluding carboxylic acids is 1. The Bertz CT molecular complexity index is 701. The topological polar surface area (TPSA) is 64.3 Å². The van der Waals surface area contributed by atoms with E-state index in [1.807, 2.05) is 6.92 Å².